The summed E-state index contributed by atoms with van der Waals surface area (Å²) in [6, 6.07) is 72.8. The molecule has 4 aromatic heterocycles. The van der Waals surface area contributed by atoms with E-state index in [0.29, 0.717) is 5.82 Å². The minimum Gasteiger partial charge on any atom is -0.456 e. The fraction of sp³-hybridized carbons (Fsp3) is 0. The van der Waals surface area contributed by atoms with Gasteiger partial charge in [-0.3, -0.25) is 0 Å². The Hall–Kier alpha value is -8.12. The molecule has 0 amide bonds. The van der Waals surface area contributed by atoms with Crippen LogP contribution in [0.3, 0.4) is 0 Å². The van der Waals surface area contributed by atoms with Gasteiger partial charge in [0.05, 0.1) is 11.4 Å². The van der Waals surface area contributed by atoms with Gasteiger partial charge >= 0.3 is 0 Å². The van der Waals surface area contributed by atoms with E-state index in [1.807, 2.05) is 41.7 Å². The quantitative estimate of drug-likeness (QED) is 0.168. The second-order valence-corrected chi connectivity index (χ2v) is 17.2. The summed E-state index contributed by atoms with van der Waals surface area (Å²) in [5.41, 5.74) is 14.8. The van der Waals surface area contributed by atoms with Crippen LogP contribution in [0.2, 0.25) is 0 Å². The molecule has 0 N–H and O–H groups in total. The van der Waals surface area contributed by atoms with Gasteiger partial charge in [0.25, 0.3) is 0 Å². The Morgan fingerprint density at radius 1 is 0.270 bits per heavy atom. The van der Waals surface area contributed by atoms with Crippen LogP contribution in [0.25, 0.3) is 131 Å². The SMILES string of the molecule is c1ccc(-c2cc(-c3ccc(-c4ccc5sc6ccccc6c5c4)cc3)nc(-c3cc(-c4ccc5oc6ccccc6c5c4)cc(-c4ccc5oc6ccccc6c5c4)c3)n2)cc1. The van der Waals surface area contributed by atoms with Gasteiger partial charge in [-0.25, -0.2) is 9.97 Å². The molecule has 5 heteroatoms. The van der Waals surface area contributed by atoms with E-state index in [1.165, 1.54) is 25.7 Å². The normalized spacial score (nSPS) is 11.8. The Bertz CT molecular complexity index is 3780. The molecule has 0 unspecified atom stereocenters. The van der Waals surface area contributed by atoms with Crippen molar-refractivity contribution in [1.82, 2.24) is 9.97 Å². The number of para-hydroxylation sites is 2. The molecule has 9 aromatic carbocycles. The molecule has 4 nitrogen and oxygen atoms in total. The molecule has 13 aromatic rings. The van der Waals surface area contributed by atoms with Crippen molar-refractivity contribution in [3.05, 3.63) is 206 Å². The van der Waals surface area contributed by atoms with Crippen molar-refractivity contribution >= 4 is 75.4 Å². The Morgan fingerprint density at radius 3 is 1.37 bits per heavy atom. The van der Waals surface area contributed by atoms with Gasteiger partial charge in [0, 0.05) is 58.4 Å². The first-order chi connectivity index (χ1) is 31.1. The zero-order valence-electron chi connectivity index (χ0n) is 33.7. The first-order valence-corrected chi connectivity index (χ1v) is 21.9. The zero-order valence-corrected chi connectivity index (χ0v) is 34.6. The minimum atomic E-state index is 0.651. The van der Waals surface area contributed by atoms with E-state index in [1.54, 1.807) is 0 Å². The molecule has 63 heavy (non-hydrogen) atoms. The first-order valence-electron chi connectivity index (χ1n) is 21.1. The fourth-order valence-corrected chi connectivity index (χ4v) is 10.2. The summed E-state index contributed by atoms with van der Waals surface area (Å²) in [4.78, 5) is 10.7. The fourth-order valence-electron chi connectivity index (χ4n) is 9.12. The van der Waals surface area contributed by atoms with Crippen molar-refractivity contribution in [2.75, 3.05) is 0 Å². The predicted molar refractivity (Wildman–Crippen MR) is 262 cm³/mol. The van der Waals surface area contributed by atoms with Crippen molar-refractivity contribution in [3.63, 3.8) is 0 Å². The number of rotatable bonds is 6. The van der Waals surface area contributed by atoms with Crippen LogP contribution in [-0.2, 0) is 0 Å². The summed E-state index contributed by atoms with van der Waals surface area (Å²) in [5.74, 6) is 0.651. The summed E-state index contributed by atoms with van der Waals surface area (Å²) in [5, 5.41) is 6.95. The molecule has 0 saturated carbocycles. The van der Waals surface area contributed by atoms with Crippen molar-refractivity contribution in [2.24, 2.45) is 0 Å². The number of hydrogen-bond donors (Lipinski definition) is 0. The molecule has 0 aliphatic rings. The maximum absolute atomic E-state index is 6.24. The first kappa shape index (κ1) is 35.6. The van der Waals surface area contributed by atoms with E-state index in [4.69, 9.17) is 18.8 Å². The molecule has 13 rings (SSSR count). The average Bonchev–Trinajstić information content (AvgIpc) is 4.04. The Balaban J connectivity index is 0.974. The van der Waals surface area contributed by atoms with E-state index >= 15 is 0 Å². The topological polar surface area (TPSA) is 52.1 Å². The number of nitrogens with zero attached hydrogens (tertiary/aromatic N) is 2. The van der Waals surface area contributed by atoms with Crippen LogP contribution in [0.4, 0.5) is 0 Å². The number of thiophene rings is 1. The highest BCUT2D eigenvalue weighted by molar-refractivity contribution is 7.25. The second-order valence-electron chi connectivity index (χ2n) is 16.1. The van der Waals surface area contributed by atoms with Gasteiger partial charge in [-0.05, 0) is 112 Å². The van der Waals surface area contributed by atoms with Gasteiger partial charge in [-0.1, -0.05) is 127 Å². The van der Waals surface area contributed by atoms with Crippen LogP contribution in [-0.4, -0.2) is 9.97 Å². The largest absolute Gasteiger partial charge is 0.456 e. The number of hydrogen-bond acceptors (Lipinski definition) is 5. The monoisotopic (exact) mass is 822 g/mol. The molecule has 0 aliphatic carbocycles. The van der Waals surface area contributed by atoms with Gasteiger partial charge in [0.1, 0.15) is 22.3 Å². The van der Waals surface area contributed by atoms with Crippen LogP contribution in [0.15, 0.2) is 215 Å². The molecule has 294 valence electrons. The lowest BCUT2D eigenvalue weighted by Crippen LogP contribution is -1.97. The number of fused-ring (bicyclic) bond motifs is 9. The number of benzene rings is 9. The van der Waals surface area contributed by atoms with E-state index in [2.05, 4.69) is 176 Å². The van der Waals surface area contributed by atoms with Crippen LogP contribution < -0.4 is 0 Å². The van der Waals surface area contributed by atoms with E-state index in [9.17, 15) is 0 Å². The van der Waals surface area contributed by atoms with E-state index < -0.39 is 0 Å². The Kier molecular flexibility index (Phi) is 8.05. The summed E-state index contributed by atoms with van der Waals surface area (Å²) in [6.45, 7) is 0. The Morgan fingerprint density at radius 2 is 0.714 bits per heavy atom. The molecule has 0 radical (unpaired) electrons. The van der Waals surface area contributed by atoms with Crippen LogP contribution in [0, 0.1) is 0 Å². The second kappa shape index (κ2) is 14.2. The van der Waals surface area contributed by atoms with Crippen molar-refractivity contribution in [2.45, 2.75) is 0 Å². The lowest BCUT2D eigenvalue weighted by atomic mass is 9.94. The third kappa shape index (κ3) is 6.12. The van der Waals surface area contributed by atoms with Gasteiger partial charge in [0.2, 0.25) is 0 Å². The molecular formula is C58H34N2O2S. The van der Waals surface area contributed by atoms with Crippen molar-refractivity contribution in [3.8, 4) is 67.3 Å². The van der Waals surface area contributed by atoms with Crippen molar-refractivity contribution in [1.29, 1.82) is 0 Å². The van der Waals surface area contributed by atoms with Crippen LogP contribution in [0.5, 0.6) is 0 Å². The van der Waals surface area contributed by atoms with Gasteiger partial charge in [-0.15, -0.1) is 11.3 Å². The molecular weight excluding hydrogens is 789 g/mol. The van der Waals surface area contributed by atoms with E-state index in [-0.39, 0.29) is 0 Å². The van der Waals surface area contributed by atoms with Crippen LogP contribution >= 0.6 is 11.3 Å². The van der Waals surface area contributed by atoms with E-state index in [0.717, 1.165) is 99.8 Å². The summed E-state index contributed by atoms with van der Waals surface area (Å²) in [7, 11) is 0. The van der Waals surface area contributed by atoms with Gasteiger partial charge in [0.15, 0.2) is 5.82 Å². The standard InChI is InChI=1S/C58H34N2O2S/c1-2-10-36(11-3-1)50-34-51(37-20-18-35(19-21-37)38-24-27-57-49(33-38)46-14-6-9-17-56(46)63-57)60-58(59-50)43-29-41(39-22-25-54-47(31-39)44-12-4-7-15-52(44)61-54)28-42(30-43)40-23-26-55-48(32-40)45-13-5-8-16-53(45)62-55/h1-34H. The average molecular weight is 823 g/mol. The molecule has 0 aliphatic heterocycles. The maximum atomic E-state index is 6.24. The smallest absolute Gasteiger partial charge is 0.160 e. The molecule has 0 atom stereocenters. The summed E-state index contributed by atoms with van der Waals surface area (Å²) in [6.07, 6.45) is 0. The number of aromatic nitrogens is 2. The zero-order chi connectivity index (χ0) is 41.4. The van der Waals surface area contributed by atoms with Crippen molar-refractivity contribution < 1.29 is 8.83 Å². The highest BCUT2D eigenvalue weighted by atomic mass is 32.1. The summed E-state index contributed by atoms with van der Waals surface area (Å²) < 4.78 is 15.1. The predicted octanol–water partition coefficient (Wildman–Crippen LogP) is 16.6. The lowest BCUT2D eigenvalue weighted by Gasteiger charge is -2.13. The van der Waals surface area contributed by atoms with Gasteiger partial charge < -0.3 is 8.83 Å². The highest BCUT2D eigenvalue weighted by Gasteiger charge is 2.17. The molecule has 0 fully saturated rings. The summed E-state index contributed by atoms with van der Waals surface area (Å²) >= 11 is 1.84. The molecule has 4 heterocycles. The molecule has 0 bridgehead atoms. The van der Waals surface area contributed by atoms with Crippen LogP contribution in [0.1, 0.15) is 0 Å². The molecule has 0 saturated heterocycles. The lowest BCUT2D eigenvalue weighted by molar-refractivity contribution is 0.668. The third-order valence-corrected chi connectivity index (χ3v) is 13.4. The third-order valence-electron chi connectivity index (χ3n) is 12.3. The highest BCUT2D eigenvalue weighted by Crippen LogP contribution is 2.40. The Labute approximate surface area is 366 Å². The minimum absolute atomic E-state index is 0.651. The van der Waals surface area contributed by atoms with Gasteiger partial charge in [-0.2, -0.15) is 0 Å². The molecule has 0 spiro atoms. The maximum Gasteiger partial charge on any atom is 0.160 e. The number of furan rings is 2.